The minimum absolute atomic E-state index is 0.0247. The Hall–Kier alpha value is -4.19. The molecule has 0 saturated heterocycles. The Balaban J connectivity index is 1.55. The van der Waals surface area contributed by atoms with Crippen molar-refractivity contribution in [3.05, 3.63) is 103 Å². The van der Waals surface area contributed by atoms with E-state index in [4.69, 9.17) is 27.6 Å². The molecule has 4 aromatic heterocycles. The number of pyridine rings is 1. The van der Waals surface area contributed by atoms with E-state index in [1.807, 2.05) is 6.07 Å². The molecule has 5 rings (SSSR count). The van der Waals surface area contributed by atoms with E-state index in [0.29, 0.717) is 10.9 Å². The second-order valence-corrected chi connectivity index (χ2v) is 10.2. The predicted molar refractivity (Wildman–Crippen MR) is 142 cm³/mol. The number of thiophene rings is 1. The van der Waals surface area contributed by atoms with Crippen molar-refractivity contribution in [2.45, 2.75) is 13.1 Å². The fourth-order valence-corrected chi connectivity index (χ4v) is 4.92. The highest BCUT2D eigenvalue weighted by molar-refractivity contribution is 7.16. The van der Waals surface area contributed by atoms with Crippen LogP contribution in [0.25, 0.3) is 11.3 Å². The zero-order valence-corrected chi connectivity index (χ0v) is 21.6. The smallest absolute Gasteiger partial charge is 0.281 e. The molecule has 0 aliphatic rings. The zero-order chi connectivity index (χ0) is 26.8. The standard InChI is InChI=1S/C25H17Cl2N5O5S/c26-18-4-2-1-3-16(18)25(36)32-23(29-9-15-5-6-22(27)38-15)8-19(30-32)17-7-14(33)11-31(24(17)35)12-20(34)21-10-28-13-37-21/h1-8,10-11,13,29,33H,9,12H2. The Kier molecular flexibility index (Phi) is 7.14. The monoisotopic (exact) mass is 569 g/mol. The van der Waals surface area contributed by atoms with Gasteiger partial charge in [0, 0.05) is 17.1 Å². The topological polar surface area (TPSA) is 132 Å². The van der Waals surface area contributed by atoms with Crippen LogP contribution in [0.15, 0.2) is 76.5 Å². The lowest BCUT2D eigenvalue weighted by Crippen LogP contribution is -2.25. The average molecular weight is 570 g/mol. The maximum absolute atomic E-state index is 13.4. The van der Waals surface area contributed by atoms with Crippen molar-refractivity contribution < 1.29 is 19.1 Å². The van der Waals surface area contributed by atoms with E-state index < -0.39 is 23.8 Å². The molecule has 0 saturated carbocycles. The number of rotatable bonds is 8. The van der Waals surface area contributed by atoms with Crippen molar-refractivity contribution in [1.82, 2.24) is 19.3 Å². The van der Waals surface area contributed by atoms with Crippen molar-refractivity contribution >= 4 is 52.0 Å². The van der Waals surface area contributed by atoms with E-state index >= 15 is 0 Å². The molecule has 0 atom stereocenters. The van der Waals surface area contributed by atoms with Crippen LogP contribution < -0.4 is 10.9 Å². The van der Waals surface area contributed by atoms with Crippen LogP contribution in [0.1, 0.15) is 25.8 Å². The first-order chi connectivity index (χ1) is 18.3. The highest BCUT2D eigenvalue weighted by Gasteiger charge is 2.22. The number of nitrogens with one attached hydrogen (secondary N) is 1. The van der Waals surface area contributed by atoms with Crippen LogP contribution >= 0.6 is 34.5 Å². The molecule has 0 radical (unpaired) electrons. The molecular formula is C25H17Cl2N5O5S. The van der Waals surface area contributed by atoms with E-state index in [1.54, 1.807) is 30.3 Å². The zero-order valence-electron chi connectivity index (χ0n) is 19.3. The van der Waals surface area contributed by atoms with Crippen molar-refractivity contribution in [2.75, 3.05) is 5.32 Å². The number of aromatic nitrogens is 4. The number of ketones is 1. The molecule has 1 aromatic carbocycles. The number of Topliss-reactive ketones (excluding diaryl/α,β-unsaturated/α-hetero) is 1. The highest BCUT2D eigenvalue weighted by Crippen LogP contribution is 2.27. The van der Waals surface area contributed by atoms with Gasteiger partial charge in [-0.2, -0.15) is 9.78 Å². The lowest BCUT2D eigenvalue weighted by Gasteiger charge is -2.09. The van der Waals surface area contributed by atoms with Gasteiger partial charge in [0.05, 0.1) is 39.8 Å². The van der Waals surface area contributed by atoms with Crippen LogP contribution in [-0.2, 0) is 13.1 Å². The molecule has 0 fully saturated rings. The molecular weight excluding hydrogens is 553 g/mol. The van der Waals surface area contributed by atoms with Crippen molar-refractivity contribution in [2.24, 2.45) is 0 Å². The molecule has 0 unspecified atom stereocenters. The fraction of sp³-hybridized carbons (Fsp3) is 0.0800. The normalized spacial score (nSPS) is 11.0. The molecule has 0 aliphatic heterocycles. The molecule has 0 amide bonds. The lowest BCUT2D eigenvalue weighted by atomic mass is 10.2. The first-order valence-electron chi connectivity index (χ1n) is 11.0. The summed E-state index contributed by atoms with van der Waals surface area (Å²) in [5.74, 6) is -1.08. The largest absolute Gasteiger partial charge is 0.506 e. The SMILES string of the molecule is O=C(Cn1cc(O)cc(-c2cc(NCc3ccc(Cl)s3)n(C(=O)c3ccccc3Cl)n2)c1=O)c1cnco1. The predicted octanol–water partition coefficient (Wildman–Crippen LogP) is 4.96. The van der Waals surface area contributed by atoms with Gasteiger partial charge in [0.1, 0.15) is 17.3 Å². The summed E-state index contributed by atoms with van der Waals surface area (Å²) in [7, 11) is 0. The Morgan fingerprint density at radius 2 is 1.95 bits per heavy atom. The minimum Gasteiger partial charge on any atom is -0.506 e. The lowest BCUT2D eigenvalue weighted by molar-refractivity contribution is 0.0938. The van der Waals surface area contributed by atoms with E-state index in [-0.39, 0.29) is 39.2 Å². The second-order valence-electron chi connectivity index (χ2n) is 8.00. The highest BCUT2D eigenvalue weighted by atomic mass is 35.5. The summed E-state index contributed by atoms with van der Waals surface area (Å²) >= 11 is 13.7. The summed E-state index contributed by atoms with van der Waals surface area (Å²) in [5, 5.41) is 18.1. The number of nitrogens with zero attached hydrogens (tertiary/aromatic N) is 4. The molecule has 38 heavy (non-hydrogen) atoms. The van der Waals surface area contributed by atoms with Gasteiger partial charge < -0.3 is 19.4 Å². The Morgan fingerprint density at radius 3 is 2.66 bits per heavy atom. The van der Waals surface area contributed by atoms with Crippen LogP contribution in [0.3, 0.4) is 0 Å². The number of anilines is 1. The number of carbonyl (C=O) groups excluding carboxylic acids is 2. The summed E-state index contributed by atoms with van der Waals surface area (Å²) in [6.45, 7) is -0.0762. The summed E-state index contributed by atoms with van der Waals surface area (Å²) in [6.07, 6.45) is 3.47. The van der Waals surface area contributed by atoms with Crippen molar-refractivity contribution in [3.8, 4) is 17.0 Å². The number of aromatic hydroxyl groups is 1. The Bertz CT molecular complexity index is 1710. The third-order valence-electron chi connectivity index (χ3n) is 5.45. The first-order valence-corrected chi connectivity index (χ1v) is 12.6. The molecule has 4 heterocycles. The Morgan fingerprint density at radius 1 is 1.13 bits per heavy atom. The van der Waals surface area contributed by atoms with Gasteiger partial charge in [-0.15, -0.1) is 11.3 Å². The van der Waals surface area contributed by atoms with E-state index in [9.17, 15) is 19.5 Å². The Labute approximate surface area is 228 Å². The van der Waals surface area contributed by atoms with Crippen LogP contribution in [0, 0.1) is 0 Å². The molecule has 0 aliphatic carbocycles. The first kappa shape index (κ1) is 25.5. The maximum Gasteiger partial charge on any atom is 0.281 e. The molecule has 0 spiro atoms. The number of hydrogen-bond acceptors (Lipinski definition) is 9. The van der Waals surface area contributed by atoms with Gasteiger partial charge >= 0.3 is 0 Å². The third kappa shape index (κ3) is 5.25. The molecule has 13 heteroatoms. The number of benzene rings is 1. The summed E-state index contributed by atoms with van der Waals surface area (Å²) < 4.78 is 7.74. The van der Waals surface area contributed by atoms with Gasteiger partial charge in [0.15, 0.2) is 12.2 Å². The van der Waals surface area contributed by atoms with Gasteiger partial charge in [-0.05, 0) is 30.3 Å². The number of hydrogen-bond donors (Lipinski definition) is 2. The second kappa shape index (κ2) is 10.7. The molecule has 5 aromatic rings. The van der Waals surface area contributed by atoms with Crippen LogP contribution in [0.4, 0.5) is 5.82 Å². The summed E-state index contributed by atoms with van der Waals surface area (Å²) in [6, 6.07) is 12.8. The van der Waals surface area contributed by atoms with Gasteiger partial charge in [-0.3, -0.25) is 14.4 Å². The maximum atomic E-state index is 13.4. The number of oxazole rings is 1. The molecule has 0 bridgehead atoms. The van der Waals surface area contributed by atoms with Crippen LogP contribution in [-0.4, -0.2) is 36.1 Å². The number of halogens is 2. The summed E-state index contributed by atoms with van der Waals surface area (Å²) in [4.78, 5) is 43.8. The van der Waals surface area contributed by atoms with Crippen molar-refractivity contribution in [1.29, 1.82) is 0 Å². The summed E-state index contributed by atoms with van der Waals surface area (Å²) in [5.41, 5.74) is -0.332. The van der Waals surface area contributed by atoms with Gasteiger partial charge in [-0.1, -0.05) is 35.3 Å². The molecule has 10 nitrogen and oxygen atoms in total. The van der Waals surface area contributed by atoms with Crippen LogP contribution in [0.5, 0.6) is 5.75 Å². The quantitative estimate of drug-likeness (QED) is 0.250. The van der Waals surface area contributed by atoms with E-state index in [0.717, 1.165) is 26.7 Å². The van der Waals surface area contributed by atoms with Gasteiger partial charge in [0.25, 0.3) is 11.5 Å². The third-order valence-corrected chi connectivity index (χ3v) is 7.01. The fourth-order valence-electron chi connectivity index (χ4n) is 3.67. The average Bonchev–Trinajstić information content (AvgIpc) is 3.66. The van der Waals surface area contributed by atoms with Crippen LogP contribution in [0.2, 0.25) is 9.36 Å². The van der Waals surface area contributed by atoms with E-state index in [2.05, 4.69) is 15.4 Å². The van der Waals surface area contributed by atoms with E-state index in [1.165, 1.54) is 29.7 Å². The van der Waals surface area contributed by atoms with Crippen molar-refractivity contribution in [3.63, 3.8) is 0 Å². The van der Waals surface area contributed by atoms with Gasteiger partial charge in [-0.25, -0.2) is 4.98 Å². The molecule has 2 N–H and O–H groups in total. The van der Waals surface area contributed by atoms with Gasteiger partial charge in [0.2, 0.25) is 5.78 Å². The minimum atomic E-state index is -0.609. The molecule has 192 valence electrons. The number of carbonyl (C=O) groups is 2.